The van der Waals surface area contributed by atoms with Crippen molar-refractivity contribution < 1.29 is 33.4 Å². The van der Waals surface area contributed by atoms with E-state index in [0.29, 0.717) is 5.57 Å². The number of allylic oxidation sites excluding steroid dienone is 2. The van der Waals surface area contributed by atoms with Crippen molar-refractivity contribution in [3.05, 3.63) is 65.5 Å². The van der Waals surface area contributed by atoms with Crippen molar-refractivity contribution in [1.29, 1.82) is 0 Å². The molecule has 0 spiro atoms. The van der Waals surface area contributed by atoms with Crippen LogP contribution in [-0.4, -0.2) is 56.0 Å². The van der Waals surface area contributed by atoms with Crippen LogP contribution in [0.15, 0.2) is 54.1 Å². The van der Waals surface area contributed by atoms with Gasteiger partial charge in [0.05, 0.1) is 24.6 Å². The Morgan fingerprint density at radius 2 is 1.64 bits per heavy atom. The number of methoxy groups -OCH3 is 1. The highest BCUT2D eigenvalue weighted by Crippen LogP contribution is 2.66. The second-order valence-electron chi connectivity index (χ2n) is 12.3. The molecule has 1 saturated carbocycles. The number of phenolic OH excluding ortho intramolecular Hbond substituents is 1. The van der Waals surface area contributed by atoms with E-state index in [4.69, 9.17) is 27.9 Å². The third kappa shape index (κ3) is 3.59. The highest BCUT2D eigenvalue weighted by atomic mass is 35.5. The lowest BCUT2D eigenvalue weighted by Gasteiger charge is -2.50. The standard InChI is InChI=1S/C31H29Cl2FN2O6/c1-29(2,3)36-25(38)18-13-12-17-20(22(18)26(36)39)14-30(32)27(40)35(16-10-8-15(34)9-11-16)28(41)31(30,33)23(17)19-6-5-7-21(42-4)24(19)37/h5-12,18,20,22-23,37H,13-14H2,1-4H3/t18-,20+,22-,23+,30+,31-/m0/s1. The summed E-state index contributed by atoms with van der Waals surface area (Å²) in [5.74, 6) is -6.51. The van der Waals surface area contributed by atoms with E-state index < -0.39 is 56.6 Å². The van der Waals surface area contributed by atoms with Crippen LogP contribution >= 0.6 is 23.2 Å². The fraction of sp³-hybridized carbons (Fsp3) is 0.419. The summed E-state index contributed by atoms with van der Waals surface area (Å²) in [6, 6.07) is 9.51. The monoisotopic (exact) mass is 614 g/mol. The molecule has 4 aliphatic rings. The third-order valence-corrected chi connectivity index (χ3v) is 10.5. The summed E-state index contributed by atoms with van der Waals surface area (Å²) in [6.07, 6.45) is 1.80. The number of anilines is 1. The minimum atomic E-state index is -2.14. The lowest BCUT2D eigenvalue weighted by Crippen LogP contribution is -2.60. The minimum Gasteiger partial charge on any atom is -0.504 e. The average molecular weight is 615 g/mol. The molecular formula is C31H29Cl2FN2O6. The Kier molecular flexibility index (Phi) is 6.34. The normalized spacial score (nSPS) is 32.5. The van der Waals surface area contributed by atoms with E-state index in [2.05, 4.69) is 0 Å². The molecule has 4 amide bonds. The number of ether oxygens (including phenoxy) is 1. The topological polar surface area (TPSA) is 104 Å². The van der Waals surface area contributed by atoms with Gasteiger partial charge >= 0.3 is 0 Å². The van der Waals surface area contributed by atoms with Gasteiger partial charge in [0.25, 0.3) is 11.8 Å². The number of likely N-dealkylation sites (tertiary alicyclic amines) is 1. The van der Waals surface area contributed by atoms with E-state index in [-0.39, 0.29) is 47.4 Å². The highest BCUT2D eigenvalue weighted by Gasteiger charge is 2.77. The Bertz CT molecular complexity index is 1590. The fourth-order valence-electron chi connectivity index (χ4n) is 7.34. The van der Waals surface area contributed by atoms with Crippen LogP contribution in [0, 0.1) is 23.6 Å². The molecule has 8 nitrogen and oxygen atoms in total. The van der Waals surface area contributed by atoms with E-state index in [1.807, 2.05) is 0 Å². The second kappa shape index (κ2) is 9.28. The Balaban J connectivity index is 1.58. The number of alkyl halides is 2. The predicted molar refractivity (Wildman–Crippen MR) is 153 cm³/mol. The molecule has 42 heavy (non-hydrogen) atoms. The van der Waals surface area contributed by atoms with Gasteiger partial charge < -0.3 is 9.84 Å². The number of carbonyl (C=O) groups is 4. The third-order valence-electron chi connectivity index (χ3n) is 9.13. The summed E-state index contributed by atoms with van der Waals surface area (Å²) < 4.78 is 19.1. The summed E-state index contributed by atoms with van der Waals surface area (Å²) in [6.45, 7) is 5.33. The van der Waals surface area contributed by atoms with Crippen LogP contribution in [0.5, 0.6) is 11.5 Å². The largest absolute Gasteiger partial charge is 0.504 e. The van der Waals surface area contributed by atoms with Crippen LogP contribution in [0.25, 0.3) is 0 Å². The van der Waals surface area contributed by atoms with Gasteiger partial charge in [0.15, 0.2) is 21.2 Å². The van der Waals surface area contributed by atoms with Gasteiger partial charge in [-0.2, -0.15) is 0 Å². The number of halogens is 3. The number of imide groups is 2. The summed E-state index contributed by atoms with van der Waals surface area (Å²) in [5, 5.41) is 11.3. The number of amides is 4. The molecule has 2 aliphatic heterocycles. The first kappa shape index (κ1) is 28.7. The molecule has 220 valence electrons. The van der Waals surface area contributed by atoms with Crippen molar-refractivity contribution in [1.82, 2.24) is 4.90 Å². The van der Waals surface area contributed by atoms with Crippen LogP contribution in [0.3, 0.4) is 0 Å². The molecular weight excluding hydrogens is 586 g/mol. The van der Waals surface area contributed by atoms with E-state index >= 15 is 0 Å². The molecule has 1 N–H and O–H groups in total. The van der Waals surface area contributed by atoms with E-state index in [9.17, 15) is 28.7 Å². The summed E-state index contributed by atoms with van der Waals surface area (Å²) in [4.78, 5) is 53.9. The second-order valence-corrected chi connectivity index (χ2v) is 13.6. The summed E-state index contributed by atoms with van der Waals surface area (Å²) in [7, 11) is 1.37. The van der Waals surface area contributed by atoms with Crippen LogP contribution in [-0.2, 0) is 19.2 Å². The van der Waals surface area contributed by atoms with Gasteiger partial charge in [0.1, 0.15) is 5.82 Å². The Morgan fingerprint density at radius 3 is 2.26 bits per heavy atom. The van der Waals surface area contributed by atoms with Crippen LogP contribution < -0.4 is 9.64 Å². The first-order valence-electron chi connectivity index (χ1n) is 13.6. The number of nitrogens with zero attached hydrogens (tertiary/aromatic N) is 2. The maximum absolute atomic E-state index is 14.3. The number of rotatable bonds is 3. The molecule has 0 unspecified atom stereocenters. The number of hydrogen-bond acceptors (Lipinski definition) is 6. The quantitative estimate of drug-likeness (QED) is 0.299. The van der Waals surface area contributed by atoms with E-state index in [1.54, 1.807) is 39.0 Å². The molecule has 2 saturated heterocycles. The molecule has 0 radical (unpaired) electrons. The lowest BCUT2D eigenvalue weighted by molar-refractivity contribution is -0.145. The molecule has 2 aliphatic carbocycles. The molecule has 2 heterocycles. The van der Waals surface area contributed by atoms with Crippen molar-refractivity contribution in [2.75, 3.05) is 12.0 Å². The Labute approximate surface area is 252 Å². The number of hydrogen-bond donors (Lipinski definition) is 1. The first-order valence-corrected chi connectivity index (χ1v) is 14.4. The van der Waals surface area contributed by atoms with Crippen LogP contribution in [0.1, 0.15) is 45.1 Å². The summed E-state index contributed by atoms with van der Waals surface area (Å²) >= 11 is 14.6. The molecule has 6 rings (SSSR count). The van der Waals surface area contributed by atoms with E-state index in [0.717, 1.165) is 17.0 Å². The molecule has 2 aromatic rings. The molecule has 6 atom stereocenters. The van der Waals surface area contributed by atoms with Crippen LogP contribution in [0.2, 0.25) is 0 Å². The molecule has 0 bridgehead atoms. The van der Waals surface area contributed by atoms with Gasteiger partial charge in [0, 0.05) is 17.0 Å². The van der Waals surface area contributed by atoms with Crippen molar-refractivity contribution >= 4 is 52.5 Å². The molecule has 0 aromatic heterocycles. The van der Waals surface area contributed by atoms with Gasteiger partial charge in [-0.15, -0.1) is 23.2 Å². The zero-order chi connectivity index (χ0) is 30.5. The molecule has 3 fully saturated rings. The zero-order valence-electron chi connectivity index (χ0n) is 23.4. The average Bonchev–Trinajstić information content (AvgIpc) is 3.28. The number of phenols is 1. The minimum absolute atomic E-state index is 0.0790. The maximum atomic E-state index is 14.3. The maximum Gasteiger partial charge on any atom is 0.258 e. The van der Waals surface area contributed by atoms with Crippen molar-refractivity contribution in [2.24, 2.45) is 17.8 Å². The molecule has 2 aromatic carbocycles. The van der Waals surface area contributed by atoms with Gasteiger partial charge in [-0.05, 0) is 69.9 Å². The van der Waals surface area contributed by atoms with Gasteiger partial charge in [-0.1, -0.05) is 23.8 Å². The van der Waals surface area contributed by atoms with Crippen LogP contribution in [0.4, 0.5) is 10.1 Å². The Hall–Kier alpha value is -3.43. The van der Waals surface area contributed by atoms with Crippen molar-refractivity contribution in [3.8, 4) is 11.5 Å². The smallest absolute Gasteiger partial charge is 0.258 e. The number of benzene rings is 2. The van der Waals surface area contributed by atoms with Gasteiger partial charge in [0.2, 0.25) is 11.8 Å². The van der Waals surface area contributed by atoms with Crippen molar-refractivity contribution in [3.63, 3.8) is 0 Å². The lowest BCUT2D eigenvalue weighted by atomic mass is 9.56. The predicted octanol–water partition coefficient (Wildman–Crippen LogP) is 4.90. The van der Waals surface area contributed by atoms with Gasteiger partial charge in [-0.3, -0.25) is 24.1 Å². The molecule has 11 heteroatoms. The highest BCUT2D eigenvalue weighted by molar-refractivity contribution is 6.58. The van der Waals surface area contributed by atoms with E-state index in [1.165, 1.54) is 30.2 Å². The number of para-hydroxylation sites is 1. The van der Waals surface area contributed by atoms with Crippen molar-refractivity contribution in [2.45, 2.75) is 54.8 Å². The number of aromatic hydroxyl groups is 1. The first-order chi connectivity index (χ1) is 19.7. The Morgan fingerprint density at radius 1 is 0.976 bits per heavy atom. The SMILES string of the molecule is COc1cccc([C@H]2C3=CC[C@@H]4C(=O)N(C(C)(C)C)C(=O)[C@@H]4[C@@H]3C[C@@]3(Cl)C(=O)N(c4ccc(F)cc4)C(=O)[C@@]23Cl)c1O. The number of fused-ring (bicyclic) bond motifs is 4. The van der Waals surface area contributed by atoms with Gasteiger partial charge in [-0.25, -0.2) is 9.29 Å². The zero-order valence-corrected chi connectivity index (χ0v) is 24.9. The fourth-order valence-corrected chi connectivity index (χ4v) is 8.27. The number of carbonyl (C=O) groups excluding carboxylic acids is 4. The summed E-state index contributed by atoms with van der Waals surface area (Å²) in [5.41, 5.74) is 0.0360.